The van der Waals surface area contributed by atoms with E-state index in [9.17, 15) is 18.5 Å². The van der Waals surface area contributed by atoms with Gasteiger partial charge < -0.3 is 5.32 Å². The molecular weight excluding hydrogens is 342 g/mol. The molecule has 8 heteroatoms. The molecule has 3 rings (SSSR count). The second kappa shape index (κ2) is 6.45. The van der Waals surface area contributed by atoms with E-state index in [1.165, 1.54) is 16.4 Å². The molecule has 0 saturated carbocycles. The number of hydrogen-bond donors (Lipinski definition) is 1. The van der Waals surface area contributed by atoms with Crippen LogP contribution in [-0.4, -0.2) is 26.4 Å². The zero-order chi connectivity index (χ0) is 18.2. The minimum Gasteiger partial charge on any atom is -0.311 e. The summed E-state index contributed by atoms with van der Waals surface area (Å²) in [4.78, 5) is 10.5. The van der Waals surface area contributed by atoms with Gasteiger partial charge in [-0.2, -0.15) is 0 Å². The molecule has 1 aliphatic rings. The maximum absolute atomic E-state index is 13.3. The first kappa shape index (κ1) is 17.4. The summed E-state index contributed by atoms with van der Waals surface area (Å²) in [5.74, 6) is 0. The number of aryl methyl sites for hydroxylation is 2. The molecule has 0 unspecified atom stereocenters. The van der Waals surface area contributed by atoms with Crippen molar-refractivity contribution in [2.75, 3.05) is 17.4 Å². The summed E-state index contributed by atoms with van der Waals surface area (Å²) in [6.07, 6.45) is 0. The lowest BCUT2D eigenvalue weighted by Crippen LogP contribution is -2.35. The van der Waals surface area contributed by atoms with Gasteiger partial charge in [0.1, 0.15) is 0 Å². The molecule has 25 heavy (non-hydrogen) atoms. The normalized spacial score (nSPS) is 14.7. The molecule has 0 atom stereocenters. The molecule has 7 nitrogen and oxygen atoms in total. The van der Waals surface area contributed by atoms with Crippen LogP contribution in [0.5, 0.6) is 0 Å². The molecule has 0 fully saturated rings. The van der Waals surface area contributed by atoms with Crippen LogP contribution in [0.3, 0.4) is 0 Å². The third-order valence-corrected chi connectivity index (χ3v) is 6.25. The molecule has 0 aliphatic carbocycles. The van der Waals surface area contributed by atoms with Gasteiger partial charge in [-0.3, -0.25) is 14.4 Å². The molecule has 2 aromatic carbocycles. The zero-order valence-corrected chi connectivity index (χ0v) is 14.8. The van der Waals surface area contributed by atoms with Gasteiger partial charge in [-0.05, 0) is 42.7 Å². The first-order chi connectivity index (χ1) is 11.8. The summed E-state index contributed by atoms with van der Waals surface area (Å²) in [5, 5.41) is 14.6. The Labute approximate surface area is 146 Å². The van der Waals surface area contributed by atoms with E-state index in [4.69, 9.17) is 0 Å². The molecule has 1 N–H and O–H groups in total. The maximum atomic E-state index is 13.3. The quantitative estimate of drug-likeness (QED) is 0.670. The molecule has 0 spiro atoms. The molecule has 0 radical (unpaired) electrons. The fourth-order valence-electron chi connectivity index (χ4n) is 2.92. The zero-order valence-electron chi connectivity index (χ0n) is 14.0. The number of nitro groups is 1. The number of hydrogen-bond acceptors (Lipinski definition) is 5. The predicted octanol–water partition coefficient (Wildman–Crippen LogP) is 2.51. The number of rotatable bonds is 3. The third kappa shape index (κ3) is 3.10. The highest BCUT2D eigenvalue weighted by atomic mass is 32.2. The smallest absolute Gasteiger partial charge is 0.290 e. The van der Waals surface area contributed by atoms with Crippen LogP contribution in [0.15, 0.2) is 41.3 Å². The number of nitrogens with zero attached hydrogens (tertiary/aromatic N) is 2. The monoisotopic (exact) mass is 361 g/mol. The second-order valence-corrected chi connectivity index (χ2v) is 7.87. The minimum atomic E-state index is -4.06. The predicted molar refractivity (Wildman–Crippen MR) is 95.3 cm³/mol. The highest BCUT2D eigenvalue weighted by molar-refractivity contribution is 7.93. The number of benzene rings is 2. The van der Waals surface area contributed by atoms with Crippen LogP contribution in [0.25, 0.3) is 0 Å². The Morgan fingerprint density at radius 1 is 1.16 bits per heavy atom. The van der Waals surface area contributed by atoms with Crippen molar-refractivity contribution in [2.24, 2.45) is 0 Å². The number of fused-ring (bicyclic) bond motifs is 1. The van der Waals surface area contributed by atoms with E-state index in [0.717, 1.165) is 5.56 Å². The SMILES string of the molecule is Cc1cc([N+](=O)[O-])c(S(=O)(=O)N2CCNCc3ccccc32)cc1C. The van der Waals surface area contributed by atoms with E-state index < -0.39 is 20.6 Å². The molecule has 0 bridgehead atoms. The van der Waals surface area contributed by atoms with Gasteiger partial charge in [0, 0.05) is 25.7 Å². The van der Waals surface area contributed by atoms with Crippen molar-refractivity contribution >= 4 is 21.4 Å². The minimum absolute atomic E-state index is 0.212. The Kier molecular flexibility index (Phi) is 4.49. The van der Waals surface area contributed by atoms with Gasteiger partial charge in [0.25, 0.3) is 15.7 Å². The van der Waals surface area contributed by atoms with E-state index in [1.54, 1.807) is 26.0 Å². The van der Waals surface area contributed by atoms with Crippen LogP contribution in [0.4, 0.5) is 11.4 Å². The summed E-state index contributed by atoms with van der Waals surface area (Å²) >= 11 is 0. The van der Waals surface area contributed by atoms with Gasteiger partial charge in [-0.1, -0.05) is 18.2 Å². The van der Waals surface area contributed by atoms with Crippen molar-refractivity contribution in [1.29, 1.82) is 0 Å². The van der Waals surface area contributed by atoms with E-state index in [2.05, 4.69) is 5.32 Å². The van der Waals surface area contributed by atoms with Crippen LogP contribution >= 0.6 is 0 Å². The maximum Gasteiger partial charge on any atom is 0.290 e. The fourth-order valence-corrected chi connectivity index (χ4v) is 4.65. The topological polar surface area (TPSA) is 92.5 Å². The fraction of sp³-hybridized carbons (Fsp3) is 0.294. The van der Waals surface area contributed by atoms with Crippen molar-refractivity contribution in [1.82, 2.24) is 5.32 Å². The largest absolute Gasteiger partial charge is 0.311 e. The standard InChI is InChI=1S/C17H19N3O4S/c1-12-9-16(20(21)22)17(10-13(12)2)25(23,24)19-8-7-18-11-14-5-3-4-6-15(14)19/h3-6,9-10,18H,7-8,11H2,1-2H3. The van der Waals surface area contributed by atoms with E-state index >= 15 is 0 Å². The Hall–Kier alpha value is -2.45. The molecule has 1 heterocycles. The lowest BCUT2D eigenvalue weighted by molar-refractivity contribution is -0.387. The number of nitro benzene ring substituents is 1. The van der Waals surface area contributed by atoms with Crippen molar-refractivity contribution in [3.05, 3.63) is 63.2 Å². The number of nitrogens with one attached hydrogen (secondary N) is 1. The number of sulfonamides is 1. The highest BCUT2D eigenvalue weighted by Crippen LogP contribution is 2.33. The van der Waals surface area contributed by atoms with Crippen LogP contribution in [-0.2, 0) is 16.6 Å². The first-order valence-corrected chi connectivity index (χ1v) is 9.33. The van der Waals surface area contributed by atoms with Gasteiger partial charge in [-0.15, -0.1) is 0 Å². The lowest BCUT2D eigenvalue weighted by Gasteiger charge is -2.24. The van der Waals surface area contributed by atoms with Gasteiger partial charge in [-0.25, -0.2) is 8.42 Å². The molecule has 132 valence electrons. The Morgan fingerprint density at radius 2 is 1.84 bits per heavy atom. The van der Waals surface area contributed by atoms with E-state index in [-0.39, 0.29) is 11.4 Å². The third-order valence-electron chi connectivity index (χ3n) is 4.41. The second-order valence-electron chi connectivity index (χ2n) is 6.04. The summed E-state index contributed by atoms with van der Waals surface area (Å²) in [6.45, 7) is 4.70. The van der Waals surface area contributed by atoms with Crippen molar-refractivity contribution in [2.45, 2.75) is 25.3 Å². The Morgan fingerprint density at radius 3 is 2.56 bits per heavy atom. The van der Waals surface area contributed by atoms with Gasteiger partial charge >= 0.3 is 0 Å². The van der Waals surface area contributed by atoms with Crippen molar-refractivity contribution < 1.29 is 13.3 Å². The summed E-state index contributed by atoms with van der Waals surface area (Å²) in [7, 11) is -4.06. The number of para-hydroxylation sites is 1. The summed E-state index contributed by atoms with van der Waals surface area (Å²) in [5.41, 5.74) is 2.39. The molecule has 1 aliphatic heterocycles. The average molecular weight is 361 g/mol. The highest BCUT2D eigenvalue weighted by Gasteiger charge is 2.34. The van der Waals surface area contributed by atoms with Gasteiger partial charge in [0.2, 0.25) is 0 Å². The van der Waals surface area contributed by atoms with E-state index in [1.807, 2.05) is 12.1 Å². The lowest BCUT2D eigenvalue weighted by atomic mass is 10.1. The first-order valence-electron chi connectivity index (χ1n) is 7.89. The molecule has 2 aromatic rings. The van der Waals surface area contributed by atoms with Crippen LogP contribution < -0.4 is 9.62 Å². The summed E-state index contributed by atoms with van der Waals surface area (Å²) in [6, 6.07) is 9.91. The molecule has 0 amide bonds. The molecule has 0 aromatic heterocycles. The summed E-state index contributed by atoms with van der Waals surface area (Å²) < 4.78 is 27.8. The molecule has 0 saturated heterocycles. The number of anilines is 1. The van der Waals surface area contributed by atoms with Gasteiger partial charge in [0.05, 0.1) is 10.6 Å². The van der Waals surface area contributed by atoms with Gasteiger partial charge in [0.15, 0.2) is 4.90 Å². The van der Waals surface area contributed by atoms with Crippen molar-refractivity contribution in [3.63, 3.8) is 0 Å². The Balaban J connectivity index is 2.21. The van der Waals surface area contributed by atoms with Crippen LogP contribution in [0.2, 0.25) is 0 Å². The average Bonchev–Trinajstić information content (AvgIpc) is 2.79. The van der Waals surface area contributed by atoms with Crippen LogP contribution in [0, 0.1) is 24.0 Å². The van der Waals surface area contributed by atoms with Crippen molar-refractivity contribution in [3.8, 4) is 0 Å². The Bertz CT molecular complexity index is 941. The van der Waals surface area contributed by atoms with Crippen LogP contribution in [0.1, 0.15) is 16.7 Å². The molecular formula is C17H19N3O4S. The van der Waals surface area contributed by atoms with E-state index in [0.29, 0.717) is 29.9 Å².